The van der Waals surface area contributed by atoms with Crippen molar-refractivity contribution in [3.8, 4) is 0 Å². The summed E-state index contributed by atoms with van der Waals surface area (Å²) in [7, 11) is 3.50. The summed E-state index contributed by atoms with van der Waals surface area (Å²) < 4.78 is 6.75. The molecule has 4 nitrogen and oxygen atoms in total. The van der Waals surface area contributed by atoms with Gasteiger partial charge in [-0.2, -0.15) is 0 Å². The third-order valence-electron chi connectivity index (χ3n) is 2.17. The van der Waals surface area contributed by atoms with E-state index in [9.17, 15) is 4.79 Å². The highest BCUT2D eigenvalue weighted by atomic mass is 16.5. The number of carbonyl (C=O) groups excluding carboxylic acids is 1. The molecule has 78 valence electrons. The van der Waals surface area contributed by atoms with E-state index < -0.39 is 0 Å². The van der Waals surface area contributed by atoms with E-state index in [2.05, 4.69) is 5.32 Å². The Hall–Kier alpha value is -1.29. The molecule has 0 bridgehead atoms. The van der Waals surface area contributed by atoms with Gasteiger partial charge in [0.15, 0.2) is 0 Å². The molecule has 0 fully saturated rings. The molecule has 0 unspecified atom stereocenters. The number of aromatic nitrogens is 1. The van der Waals surface area contributed by atoms with Crippen LogP contribution in [0.25, 0.3) is 0 Å². The van der Waals surface area contributed by atoms with Crippen molar-refractivity contribution in [2.24, 2.45) is 7.05 Å². The molecule has 0 aliphatic rings. The van der Waals surface area contributed by atoms with Crippen molar-refractivity contribution < 1.29 is 9.53 Å². The van der Waals surface area contributed by atoms with Crippen molar-refractivity contribution in [1.29, 1.82) is 0 Å². The summed E-state index contributed by atoms with van der Waals surface area (Å²) in [4.78, 5) is 11.3. The molecule has 0 atom stereocenters. The number of anilines is 1. The summed E-state index contributed by atoms with van der Waals surface area (Å²) in [5, 5.41) is 2.81. The Morgan fingerprint density at radius 2 is 2.29 bits per heavy atom. The Morgan fingerprint density at radius 1 is 1.57 bits per heavy atom. The minimum Gasteiger partial charge on any atom is -0.384 e. The fourth-order valence-electron chi connectivity index (χ4n) is 1.14. The van der Waals surface area contributed by atoms with Gasteiger partial charge in [-0.15, -0.1) is 0 Å². The number of nitrogens with one attached hydrogen (secondary N) is 1. The van der Waals surface area contributed by atoms with Gasteiger partial charge in [0.1, 0.15) is 5.82 Å². The van der Waals surface area contributed by atoms with E-state index in [4.69, 9.17) is 4.74 Å². The molecule has 1 aromatic heterocycles. The number of nitrogens with zero attached hydrogens (tertiary/aromatic N) is 1. The molecule has 0 spiro atoms. The largest absolute Gasteiger partial charge is 0.384 e. The lowest BCUT2D eigenvalue weighted by Gasteiger charge is -2.06. The van der Waals surface area contributed by atoms with Gasteiger partial charge in [0.05, 0.1) is 13.0 Å². The van der Waals surface area contributed by atoms with Gasteiger partial charge >= 0.3 is 0 Å². The highest BCUT2D eigenvalue weighted by Gasteiger charge is 2.05. The zero-order valence-electron chi connectivity index (χ0n) is 8.83. The van der Waals surface area contributed by atoms with Crippen molar-refractivity contribution in [2.45, 2.75) is 13.3 Å². The first kappa shape index (κ1) is 10.8. The first-order valence-corrected chi connectivity index (χ1v) is 4.56. The summed E-state index contributed by atoms with van der Waals surface area (Å²) in [5.41, 5.74) is 1.12. The maximum absolute atomic E-state index is 11.3. The predicted octanol–water partition coefficient (Wildman–Crippen LogP) is 1.31. The van der Waals surface area contributed by atoms with E-state index in [1.54, 1.807) is 7.11 Å². The number of rotatable bonds is 4. The van der Waals surface area contributed by atoms with Crippen LogP contribution < -0.4 is 5.32 Å². The van der Waals surface area contributed by atoms with Crippen molar-refractivity contribution in [3.63, 3.8) is 0 Å². The average Bonchev–Trinajstić information content (AvgIpc) is 2.46. The first-order valence-electron chi connectivity index (χ1n) is 4.56. The molecule has 0 aliphatic heterocycles. The number of amides is 1. The number of methoxy groups -OCH3 is 1. The molecule has 0 saturated heterocycles. The second-order valence-electron chi connectivity index (χ2n) is 3.21. The van der Waals surface area contributed by atoms with Crippen LogP contribution in [-0.4, -0.2) is 24.2 Å². The summed E-state index contributed by atoms with van der Waals surface area (Å²) in [6.45, 7) is 2.44. The summed E-state index contributed by atoms with van der Waals surface area (Å²) in [5.74, 6) is 0.802. The molecular weight excluding hydrogens is 180 g/mol. The summed E-state index contributed by atoms with van der Waals surface area (Å²) in [6, 6.07) is 3.85. The van der Waals surface area contributed by atoms with E-state index in [-0.39, 0.29) is 5.91 Å². The molecule has 0 saturated carbocycles. The molecule has 1 aromatic rings. The number of ether oxygens (including phenoxy) is 1. The molecule has 1 heterocycles. The monoisotopic (exact) mass is 196 g/mol. The molecule has 1 N–H and O–H groups in total. The Bertz CT molecular complexity index is 318. The van der Waals surface area contributed by atoms with E-state index >= 15 is 0 Å². The Labute approximate surface area is 83.9 Å². The zero-order chi connectivity index (χ0) is 10.6. The lowest BCUT2D eigenvalue weighted by Crippen LogP contribution is -2.15. The summed E-state index contributed by atoms with van der Waals surface area (Å²) in [6.07, 6.45) is 0.390. The molecular formula is C10H16N2O2. The number of carbonyl (C=O) groups is 1. The van der Waals surface area contributed by atoms with Crippen LogP contribution in [0.3, 0.4) is 0 Å². The minimum atomic E-state index is -0.0203. The van der Waals surface area contributed by atoms with Crippen molar-refractivity contribution in [3.05, 3.63) is 17.8 Å². The van der Waals surface area contributed by atoms with Gasteiger partial charge in [0.2, 0.25) is 5.91 Å². The third kappa shape index (κ3) is 2.60. The molecule has 0 aromatic carbocycles. The Balaban J connectivity index is 2.52. The highest BCUT2D eigenvalue weighted by Crippen LogP contribution is 2.11. The fraction of sp³-hybridized carbons (Fsp3) is 0.500. The standard InChI is InChI=1S/C10H16N2O2/c1-8-4-5-9(12(8)2)11-10(13)6-7-14-3/h4-5H,6-7H2,1-3H3,(H,11,13). The topological polar surface area (TPSA) is 43.3 Å². The van der Waals surface area contributed by atoms with Gasteiger partial charge in [0, 0.05) is 19.9 Å². The third-order valence-corrected chi connectivity index (χ3v) is 2.17. The van der Waals surface area contributed by atoms with Gasteiger partial charge in [-0.1, -0.05) is 0 Å². The van der Waals surface area contributed by atoms with Crippen molar-refractivity contribution >= 4 is 11.7 Å². The maximum atomic E-state index is 11.3. The first-order chi connectivity index (χ1) is 6.65. The van der Waals surface area contributed by atoms with Crippen molar-refractivity contribution in [2.75, 3.05) is 19.0 Å². The second-order valence-corrected chi connectivity index (χ2v) is 3.21. The van der Waals surface area contributed by atoms with Crippen LogP contribution in [0.4, 0.5) is 5.82 Å². The average molecular weight is 196 g/mol. The van der Waals surface area contributed by atoms with Crippen LogP contribution in [0.2, 0.25) is 0 Å². The lowest BCUT2D eigenvalue weighted by molar-refractivity contribution is -0.117. The van der Waals surface area contributed by atoms with E-state index in [1.807, 2.05) is 30.7 Å². The quantitative estimate of drug-likeness (QED) is 0.789. The number of hydrogen-bond donors (Lipinski definition) is 1. The van der Waals surface area contributed by atoms with E-state index in [0.29, 0.717) is 13.0 Å². The molecule has 0 radical (unpaired) electrons. The second kappa shape index (κ2) is 4.81. The molecule has 0 aliphatic carbocycles. The molecule has 1 rings (SSSR count). The zero-order valence-corrected chi connectivity index (χ0v) is 8.83. The van der Waals surface area contributed by atoms with Crippen LogP contribution in [-0.2, 0) is 16.6 Å². The van der Waals surface area contributed by atoms with Crippen LogP contribution in [0.15, 0.2) is 12.1 Å². The minimum absolute atomic E-state index is 0.0203. The predicted molar refractivity (Wildman–Crippen MR) is 55.3 cm³/mol. The normalized spacial score (nSPS) is 10.2. The van der Waals surface area contributed by atoms with Crippen LogP contribution in [0.1, 0.15) is 12.1 Å². The van der Waals surface area contributed by atoms with Crippen molar-refractivity contribution in [1.82, 2.24) is 4.57 Å². The van der Waals surface area contributed by atoms with Crippen LogP contribution >= 0.6 is 0 Å². The van der Waals surface area contributed by atoms with Gasteiger partial charge in [-0.3, -0.25) is 4.79 Å². The smallest absolute Gasteiger partial charge is 0.227 e. The summed E-state index contributed by atoms with van der Waals surface area (Å²) >= 11 is 0. The SMILES string of the molecule is COCCC(=O)Nc1ccc(C)n1C. The number of hydrogen-bond acceptors (Lipinski definition) is 2. The highest BCUT2D eigenvalue weighted by molar-refractivity contribution is 5.90. The van der Waals surface area contributed by atoms with Crippen LogP contribution in [0.5, 0.6) is 0 Å². The van der Waals surface area contributed by atoms with E-state index in [0.717, 1.165) is 11.5 Å². The fourth-order valence-corrected chi connectivity index (χ4v) is 1.14. The van der Waals surface area contributed by atoms with E-state index in [1.165, 1.54) is 0 Å². The van der Waals surface area contributed by atoms with Gasteiger partial charge < -0.3 is 14.6 Å². The van der Waals surface area contributed by atoms with Gasteiger partial charge in [0.25, 0.3) is 0 Å². The molecule has 4 heteroatoms. The van der Waals surface area contributed by atoms with Gasteiger partial charge in [-0.05, 0) is 19.1 Å². The van der Waals surface area contributed by atoms with Gasteiger partial charge in [-0.25, -0.2) is 0 Å². The number of aryl methyl sites for hydroxylation is 1. The molecule has 14 heavy (non-hydrogen) atoms. The Kier molecular flexibility index (Phi) is 3.71. The molecule has 1 amide bonds. The lowest BCUT2D eigenvalue weighted by atomic mass is 10.4. The van der Waals surface area contributed by atoms with Crippen LogP contribution in [0, 0.1) is 6.92 Å². The maximum Gasteiger partial charge on any atom is 0.227 e. The Morgan fingerprint density at radius 3 is 2.79 bits per heavy atom.